The first-order valence-electron chi connectivity index (χ1n) is 7.95. The first-order valence-corrected chi connectivity index (χ1v) is 7.95. The van der Waals surface area contributed by atoms with Gasteiger partial charge in [-0.2, -0.15) is 0 Å². The van der Waals surface area contributed by atoms with Gasteiger partial charge in [0.05, 0.1) is 5.60 Å². The van der Waals surface area contributed by atoms with E-state index in [1.165, 1.54) is 38.5 Å². The highest BCUT2D eigenvalue weighted by atomic mass is 16.5. The number of unbranched alkanes of at least 4 members (excludes halogenated alkanes) is 1. The van der Waals surface area contributed by atoms with Gasteiger partial charge in [-0.25, -0.2) is 0 Å². The third-order valence-electron chi connectivity index (χ3n) is 4.90. The van der Waals surface area contributed by atoms with Gasteiger partial charge in [0.15, 0.2) is 0 Å². The molecule has 0 N–H and O–H groups in total. The van der Waals surface area contributed by atoms with Crippen molar-refractivity contribution in [3.8, 4) is 0 Å². The predicted molar refractivity (Wildman–Crippen MR) is 82.0 cm³/mol. The van der Waals surface area contributed by atoms with E-state index in [9.17, 15) is 0 Å². The van der Waals surface area contributed by atoms with Crippen LogP contribution in [0, 0.1) is 11.3 Å². The van der Waals surface area contributed by atoms with Crippen LogP contribution in [-0.2, 0) is 4.74 Å². The van der Waals surface area contributed by atoms with Crippen LogP contribution in [0.2, 0.25) is 0 Å². The average molecular weight is 256 g/mol. The SMILES string of the molecule is CCCCOC(C)(C)CCC(C)(CC)C(C)CC. The number of rotatable bonds is 10. The molecule has 0 aliphatic rings. The van der Waals surface area contributed by atoms with Crippen molar-refractivity contribution in [1.29, 1.82) is 0 Å². The monoisotopic (exact) mass is 256 g/mol. The Morgan fingerprint density at radius 1 is 1.00 bits per heavy atom. The number of ether oxygens (including phenoxy) is 1. The third kappa shape index (κ3) is 6.22. The molecule has 0 amide bonds. The summed E-state index contributed by atoms with van der Waals surface area (Å²) in [6.07, 6.45) is 7.40. The van der Waals surface area contributed by atoms with E-state index >= 15 is 0 Å². The van der Waals surface area contributed by atoms with Crippen LogP contribution in [0.4, 0.5) is 0 Å². The fraction of sp³-hybridized carbons (Fsp3) is 1.00. The molecule has 0 aromatic rings. The molecule has 0 heterocycles. The lowest BCUT2D eigenvalue weighted by atomic mass is 9.70. The molecule has 18 heavy (non-hydrogen) atoms. The molecule has 0 bridgehead atoms. The second-order valence-electron chi connectivity index (χ2n) is 6.78. The van der Waals surface area contributed by atoms with E-state index in [1.807, 2.05) is 0 Å². The molecule has 0 spiro atoms. The minimum Gasteiger partial charge on any atom is -0.376 e. The van der Waals surface area contributed by atoms with Gasteiger partial charge in [-0.15, -0.1) is 0 Å². The molecule has 0 rings (SSSR count). The predicted octanol–water partition coefficient (Wildman–Crippen LogP) is 5.82. The second-order valence-corrected chi connectivity index (χ2v) is 6.78. The molecular formula is C17H36O. The van der Waals surface area contributed by atoms with Crippen molar-refractivity contribution in [2.75, 3.05) is 6.61 Å². The molecule has 0 fully saturated rings. The van der Waals surface area contributed by atoms with Crippen molar-refractivity contribution in [3.05, 3.63) is 0 Å². The van der Waals surface area contributed by atoms with Gasteiger partial charge < -0.3 is 4.74 Å². The van der Waals surface area contributed by atoms with Gasteiger partial charge in [-0.05, 0) is 44.4 Å². The van der Waals surface area contributed by atoms with Crippen molar-refractivity contribution in [1.82, 2.24) is 0 Å². The van der Waals surface area contributed by atoms with E-state index in [-0.39, 0.29) is 5.60 Å². The van der Waals surface area contributed by atoms with Crippen LogP contribution in [0.25, 0.3) is 0 Å². The Kier molecular flexibility index (Phi) is 8.18. The standard InChI is InChI=1S/C17H36O/c1-8-11-14-18-16(5,6)12-13-17(7,10-3)15(4)9-2/h15H,8-14H2,1-7H3. The van der Waals surface area contributed by atoms with Crippen molar-refractivity contribution in [3.63, 3.8) is 0 Å². The van der Waals surface area contributed by atoms with Crippen LogP contribution in [0.5, 0.6) is 0 Å². The number of hydrogen-bond donors (Lipinski definition) is 0. The Morgan fingerprint density at radius 2 is 1.61 bits per heavy atom. The molecule has 0 aliphatic heterocycles. The fourth-order valence-electron chi connectivity index (χ4n) is 2.42. The fourth-order valence-corrected chi connectivity index (χ4v) is 2.42. The van der Waals surface area contributed by atoms with Gasteiger partial charge in [0.1, 0.15) is 0 Å². The summed E-state index contributed by atoms with van der Waals surface area (Å²) in [6.45, 7) is 17.1. The first kappa shape index (κ1) is 18.0. The Hall–Kier alpha value is -0.0400. The summed E-state index contributed by atoms with van der Waals surface area (Å²) in [5, 5.41) is 0. The maximum atomic E-state index is 6.02. The van der Waals surface area contributed by atoms with E-state index in [2.05, 4.69) is 48.5 Å². The van der Waals surface area contributed by atoms with Gasteiger partial charge in [0.2, 0.25) is 0 Å². The van der Waals surface area contributed by atoms with Gasteiger partial charge in [-0.1, -0.05) is 53.9 Å². The molecule has 0 saturated carbocycles. The molecule has 0 saturated heterocycles. The summed E-state index contributed by atoms with van der Waals surface area (Å²) in [5.41, 5.74) is 0.513. The highest BCUT2D eigenvalue weighted by Crippen LogP contribution is 2.39. The maximum absolute atomic E-state index is 6.02. The Morgan fingerprint density at radius 3 is 2.06 bits per heavy atom. The second kappa shape index (κ2) is 8.19. The summed E-state index contributed by atoms with van der Waals surface area (Å²) in [7, 11) is 0. The van der Waals surface area contributed by atoms with Crippen LogP contribution in [-0.4, -0.2) is 12.2 Å². The lowest BCUT2D eigenvalue weighted by molar-refractivity contribution is -0.0362. The Balaban J connectivity index is 4.25. The molecule has 0 aliphatic carbocycles. The molecule has 1 nitrogen and oxygen atoms in total. The Bertz CT molecular complexity index is 210. The van der Waals surface area contributed by atoms with Crippen LogP contribution in [0.1, 0.15) is 87.0 Å². The van der Waals surface area contributed by atoms with E-state index in [4.69, 9.17) is 4.74 Å². The summed E-state index contributed by atoms with van der Waals surface area (Å²) in [5.74, 6) is 0.800. The minimum atomic E-state index is 0.0407. The van der Waals surface area contributed by atoms with Crippen molar-refractivity contribution < 1.29 is 4.74 Å². The largest absolute Gasteiger partial charge is 0.376 e. The lowest BCUT2D eigenvalue weighted by Crippen LogP contribution is -2.31. The van der Waals surface area contributed by atoms with Crippen LogP contribution in [0.3, 0.4) is 0 Å². The topological polar surface area (TPSA) is 9.23 Å². The third-order valence-corrected chi connectivity index (χ3v) is 4.90. The average Bonchev–Trinajstić information content (AvgIpc) is 2.35. The zero-order chi connectivity index (χ0) is 14.2. The smallest absolute Gasteiger partial charge is 0.0626 e. The highest BCUT2D eigenvalue weighted by molar-refractivity contribution is 4.82. The Labute approximate surface area is 116 Å². The van der Waals surface area contributed by atoms with Crippen molar-refractivity contribution in [2.45, 2.75) is 92.6 Å². The maximum Gasteiger partial charge on any atom is 0.0626 e. The normalized spacial score (nSPS) is 17.5. The molecule has 0 aromatic heterocycles. The minimum absolute atomic E-state index is 0.0407. The molecule has 1 heteroatoms. The lowest BCUT2D eigenvalue weighted by Gasteiger charge is -2.37. The molecule has 110 valence electrons. The molecular weight excluding hydrogens is 220 g/mol. The summed E-state index contributed by atoms with van der Waals surface area (Å²) in [4.78, 5) is 0. The van der Waals surface area contributed by atoms with Crippen molar-refractivity contribution in [2.24, 2.45) is 11.3 Å². The van der Waals surface area contributed by atoms with E-state index in [1.54, 1.807) is 0 Å². The molecule has 0 radical (unpaired) electrons. The summed E-state index contributed by atoms with van der Waals surface area (Å²) in [6, 6.07) is 0. The zero-order valence-corrected chi connectivity index (χ0v) is 13.9. The zero-order valence-electron chi connectivity index (χ0n) is 13.9. The van der Waals surface area contributed by atoms with E-state index in [0.29, 0.717) is 5.41 Å². The van der Waals surface area contributed by atoms with Crippen LogP contribution < -0.4 is 0 Å². The first-order chi connectivity index (χ1) is 8.31. The van der Waals surface area contributed by atoms with Crippen LogP contribution >= 0.6 is 0 Å². The van der Waals surface area contributed by atoms with Gasteiger partial charge in [-0.3, -0.25) is 0 Å². The van der Waals surface area contributed by atoms with Crippen molar-refractivity contribution >= 4 is 0 Å². The summed E-state index contributed by atoms with van der Waals surface area (Å²) < 4.78 is 6.02. The van der Waals surface area contributed by atoms with Gasteiger partial charge in [0.25, 0.3) is 0 Å². The summed E-state index contributed by atoms with van der Waals surface area (Å²) >= 11 is 0. The van der Waals surface area contributed by atoms with Gasteiger partial charge in [0, 0.05) is 6.61 Å². The van der Waals surface area contributed by atoms with E-state index in [0.717, 1.165) is 12.5 Å². The van der Waals surface area contributed by atoms with E-state index < -0.39 is 0 Å². The molecule has 2 unspecified atom stereocenters. The highest BCUT2D eigenvalue weighted by Gasteiger charge is 2.30. The number of hydrogen-bond acceptors (Lipinski definition) is 1. The quantitative estimate of drug-likeness (QED) is 0.447. The van der Waals surface area contributed by atoms with Crippen LogP contribution in [0.15, 0.2) is 0 Å². The molecule has 0 aromatic carbocycles. The van der Waals surface area contributed by atoms with Gasteiger partial charge >= 0.3 is 0 Å². The molecule has 2 atom stereocenters.